The third-order valence-electron chi connectivity index (χ3n) is 4.07. The van der Waals surface area contributed by atoms with Crippen LogP contribution >= 0.6 is 11.3 Å². The molecule has 0 aliphatic carbocycles. The number of rotatable bonds is 3. The van der Waals surface area contributed by atoms with Gasteiger partial charge in [-0.2, -0.15) is 0 Å². The topological polar surface area (TPSA) is 78.3 Å². The minimum Gasteiger partial charge on any atom is -0.444 e. The molecule has 130 valence electrons. The number of hydrogen-bond donors (Lipinski definition) is 1. The van der Waals surface area contributed by atoms with Crippen molar-refractivity contribution in [1.29, 1.82) is 0 Å². The summed E-state index contributed by atoms with van der Waals surface area (Å²) >= 11 is 1.43. The van der Waals surface area contributed by atoms with Gasteiger partial charge in [-0.05, 0) is 31.5 Å². The van der Waals surface area contributed by atoms with E-state index in [1.54, 1.807) is 0 Å². The van der Waals surface area contributed by atoms with Gasteiger partial charge < -0.3 is 14.0 Å². The van der Waals surface area contributed by atoms with Crippen LogP contribution in [0.3, 0.4) is 0 Å². The maximum Gasteiger partial charge on any atom is 0.412 e. The van der Waals surface area contributed by atoms with Crippen LogP contribution in [0.2, 0.25) is 0 Å². The maximum atomic E-state index is 12.0. The van der Waals surface area contributed by atoms with Gasteiger partial charge in [-0.15, -0.1) is 11.3 Å². The van der Waals surface area contributed by atoms with Crippen molar-refractivity contribution in [3.05, 3.63) is 40.3 Å². The number of carbonyl (C=O) groups excluding carboxylic acids is 1. The molecule has 0 unspecified atom stereocenters. The zero-order valence-electron chi connectivity index (χ0n) is 14.0. The molecule has 0 bridgehead atoms. The molecule has 1 amide bonds. The number of nitrogens with one attached hydrogen (secondary N) is 1. The molecule has 0 saturated carbocycles. The summed E-state index contributed by atoms with van der Waals surface area (Å²) in [6.45, 7) is 6.02. The van der Waals surface area contributed by atoms with Crippen molar-refractivity contribution in [3.63, 3.8) is 0 Å². The Morgan fingerprint density at radius 1 is 1.40 bits per heavy atom. The average molecular weight is 358 g/mol. The number of nitrogens with zero attached hydrogens (tertiary/aromatic N) is 3. The molecule has 0 saturated heterocycles. The van der Waals surface area contributed by atoms with Crippen LogP contribution in [0.4, 0.5) is 9.80 Å². The molecule has 1 aliphatic heterocycles. The summed E-state index contributed by atoms with van der Waals surface area (Å²) in [5.41, 5.74) is 3.68. The molecule has 4 rings (SSSR count). The average Bonchev–Trinajstić information content (AvgIpc) is 3.11. The molecule has 1 N–H and O–H groups in total. The minimum atomic E-state index is -0.482. The van der Waals surface area contributed by atoms with Gasteiger partial charge in [0.25, 0.3) is 0 Å². The second-order valence-electron chi connectivity index (χ2n) is 5.90. The zero-order chi connectivity index (χ0) is 17.4. The monoisotopic (exact) mass is 358 g/mol. The predicted molar refractivity (Wildman–Crippen MR) is 94.8 cm³/mol. The normalized spacial score (nSPS) is 13.7. The molecule has 1 aromatic carbocycles. The zero-order valence-corrected chi connectivity index (χ0v) is 14.9. The van der Waals surface area contributed by atoms with Crippen molar-refractivity contribution in [2.45, 2.75) is 33.6 Å². The Labute approximate surface area is 148 Å². The molecule has 2 aromatic heterocycles. The third kappa shape index (κ3) is 3.22. The number of ether oxygens (including phenoxy) is 2. The van der Waals surface area contributed by atoms with E-state index < -0.39 is 6.09 Å². The van der Waals surface area contributed by atoms with Crippen LogP contribution in [0.1, 0.15) is 22.1 Å². The number of carbonyl (C=O) groups is 1. The highest BCUT2D eigenvalue weighted by atomic mass is 32.1. The van der Waals surface area contributed by atoms with Gasteiger partial charge in [0.15, 0.2) is 0 Å². The highest BCUT2D eigenvalue weighted by Gasteiger charge is 2.15. The number of hydrogen-bond acceptors (Lipinski definition) is 6. The Balaban J connectivity index is 1.44. The fourth-order valence-corrected chi connectivity index (χ4v) is 3.72. The second-order valence-corrected chi connectivity index (χ2v) is 7.11. The molecule has 8 heteroatoms. The Hall–Kier alpha value is -2.45. The Bertz CT molecular complexity index is 947. The lowest BCUT2D eigenvalue weighted by Gasteiger charge is -2.14. The van der Waals surface area contributed by atoms with Crippen LogP contribution in [0.15, 0.2) is 18.2 Å². The number of benzene rings is 1. The third-order valence-corrected chi connectivity index (χ3v) is 5.06. The van der Waals surface area contributed by atoms with E-state index in [1.807, 2.05) is 32.0 Å². The van der Waals surface area contributed by atoms with Gasteiger partial charge in [0.05, 0.1) is 28.3 Å². The van der Waals surface area contributed by atoms with E-state index in [2.05, 4.69) is 19.9 Å². The number of fused-ring (bicyclic) bond motifs is 3. The molecular weight excluding hydrogens is 340 g/mol. The molecule has 25 heavy (non-hydrogen) atoms. The van der Waals surface area contributed by atoms with Crippen LogP contribution in [0.5, 0.6) is 0 Å². The first-order valence-electron chi connectivity index (χ1n) is 8.04. The van der Waals surface area contributed by atoms with Crippen LogP contribution in [-0.4, -0.2) is 27.2 Å². The predicted octanol–water partition coefficient (Wildman–Crippen LogP) is 3.39. The molecule has 0 spiro atoms. The van der Waals surface area contributed by atoms with Gasteiger partial charge in [-0.1, -0.05) is 6.07 Å². The molecule has 0 radical (unpaired) electrons. The van der Waals surface area contributed by atoms with Gasteiger partial charge in [0, 0.05) is 6.54 Å². The largest absolute Gasteiger partial charge is 0.444 e. The van der Waals surface area contributed by atoms with Crippen LogP contribution in [-0.2, 0) is 29.2 Å². The first-order chi connectivity index (χ1) is 12.1. The maximum absolute atomic E-state index is 12.0. The number of thiazole rings is 1. The summed E-state index contributed by atoms with van der Waals surface area (Å²) < 4.78 is 12.9. The Morgan fingerprint density at radius 2 is 2.28 bits per heavy atom. The van der Waals surface area contributed by atoms with Crippen molar-refractivity contribution in [2.24, 2.45) is 0 Å². The lowest BCUT2D eigenvalue weighted by Crippen LogP contribution is -2.16. The highest BCUT2D eigenvalue weighted by Crippen LogP contribution is 2.24. The van der Waals surface area contributed by atoms with Crippen LogP contribution in [0.25, 0.3) is 11.0 Å². The van der Waals surface area contributed by atoms with Crippen molar-refractivity contribution in [3.8, 4) is 0 Å². The smallest absolute Gasteiger partial charge is 0.412 e. The lowest BCUT2D eigenvalue weighted by atomic mass is 10.2. The Morgan fingerprint density at radius 3 is 3.08 bits per heavy atom. The van der Waals surface area contributed by atoms with Gasteiger partial charge in [0.1, 0.15) is 24.0 Å². The van der Waals surface area contributed by atoms with Crippen molar-refractivity contribution < 1.29 is 14.3 Å². The number of aryl methyl sites for hydroxylation is 2. The standard InChI is InChI=1S/C17H18N4O3S/c1-10-16(25-11(2)18-10)20-17(22)24-8-12-3-4-14-13(7-12)19-15-9-23-6-5-21(14)15/h3-4,7H,5-6,8-9H2,1-2H3,(H,20,22). The SMILES string of the molecule is Cc1nc(C)c(NC(=O)OCc2ccc3c(c2)nc2n3CCOC2)s1. The van der Waals surface area contributed by atoms with E-state index in [0.717, 1.165) is 44.7 Å². The summed E-state index contributed by atoms with van der Waals surface area (Å²) in [7, 11) is 0. The van der Waals surface area contributed by atoms with E-state index in [4.69, 9.17) is 9.47 Å². The van der Waals surface area contributed by atoms with Crippen LogP contribution < -0.4 is 5.32 Å². The molecule has 1 aliphatic rings. The first kappa shape index (κ1) is 16.0. The minimum absolute atomic E-state index is 0.192. The van der Waals surface area contributed by atoms with Crippen molar-refractivity contribution in [2.75, 3.05) is 11.9 Å². The molecule has 7 nitrogen and oxygen atoms in total. The fraction of sp³-hybridized carbons (Fsp3) is 0.353. The second kappa shape index (κ2) is 6.45. The summed E-state index contributed by atoms with van der Waals surface area (Å²) in [6, 6.07) is 5.93. The molecular formula is C17H18N4O3S. The van der Waals surface area contributed by atoms with E-state index in [1.165, 1.54) is 11.3 Å². The van der Waals surface area contributed by atoms with Gasteiger partial charge >= 0.3 is 6.09 Å². The number of anilines is 1. The summed E-state index contributed by atoms with van der Waals surface area (Å²) in [4.78, 5) is 20.9. The van der Waals surface area contributed by atoms with E-state index >= 15 is 0 Å². The number of aromatic nitrogens is 3. The van der Waals surface area contributed by atoms with Gasteiger partial charge in [0.2, 0.25) is 0 Å². The van der Waals surface area contributed by atoms with Crippen LogP contribution in [0, 0.1) is 13.8 Å². The highest BCUT2D eigenvalue weighted by molar-refractivity contribution is 7.16. The quantitative estimate of drug-likeness (QED) is 0.776. The molecule has 0 atom stereocenters. The van der Waals surface area contributed by atoms with Gasteiger partial charge in [-0.25, -0.2) is 14.8 Å². The molecule has 0 fully saturated rings. The lowest BCUT2D eigenvalue weighted by molar-refractivity contribution is 0.0830. The molecule has 3 aromatic rings. The fourth-order valence-electron chi connectivity index (χ4n) is 2.92. The summed E-state index contributed by atoms with van der Waals surface area (Å²) in [6.07, 6.45) is -0.482. The van der Waals surface area contributed by atoms with Crippen molar-refractivity contribution >= 4 is 33.5 Å². The first-order valence-corrected chi connectivity index (χ1v) is 8.85. The van der Waals surface area contributed by atoms with Crippen molar-refractivity contribution in [1.82, 2.24) is 14.5 Å². The summed E-state index contributed by atoms with van der Waals surface area (Å²) in [5, 5.41) is 4.37. The Kier molecular flexibility index (Phi) is 4.14. The number of amides is 1. The van der Waals surface area contributed by atoms with E-state index in [-0.39, 0.29) is 6.61 Å². The number of imidazole rings is 1. The van der Waals surface area contributed by atoms with Gasteiger partial charge in [-0.3, -0.25) is 5.32 Å². The van der Waals surface area contributed by atoms with E-state index in [9.17, 15) is 4.79 Å². The summed E-state index contributed by atoms with van der Waals surface area (Å²) in [5.74, 6) is 0.938. The molecule has 3 heterocycles. The van der Waals surface area contributed by atoms with E-state index in [0.29, 0.717) is 13.2 Å².